The van der Waals surface area contributed by atoms with Crippen molar-refractivity contribution in [3.8, 4) is 0 Å². The number of aryl methyl sites for hydroxylation is 1. The molecule has 74 valence electrons. The van der Waals surface area contributed by atoms with Gasteiger partial charge >= 0.3 is 0 Å². The summed E-state index contributed by atoms with van der Waals surface area (Å²) in [7, 11) is 6.23. The van der Waals surface area contributed by atoms with Gasteiger partial charge in [-0.25, -0.2) is 0 Å². The highest BCUT2D eigenvalue weighted by Crippen LogP contribution is 2.08. The van der Waals surface area contributed by atoms with Crippen LogP contribution < -0.4 is 5.73 Å². The first-order valence-electron chi connectivity index (χ1n) is 4.62. The van der Waals surface area contributed by atoms with E-state index in [-0.39, 0.29) is 0 Å². The number of hydrogen-bond acceptors (Lipinski definition) is 2. The van der Waals surface area contributed by atoms with Crippen molar-refractivity contribution in [3.63, 3.8) is 0 Å². The molecule has 0 radical (unpaired) electrons. The minimum Gasteiger partial charge on any atom is -0.354 e. The van der Waals surface area contributed by atoms with Gasteiger partial charge in [0.15, 0.2) is 0 Å². The highest BCUT2D eigenvalue weighted by Gasteiger charge is 2.02. The largest absolute Gasteiger partial charge is 0.354 e. The molecule has 0 aliphatic rings. The van der Waals surface area contributed by atoms with Crippen molar-refractivity contribution < 1.29 is 0 Å². The molecule has 0 saturated carbocycles. The zero-order chi connectivity index (χ0) is 9.84. The second kappa shape index (κ2) is 4.44. The van der Waals surface area contributed by atoms with Gasteiger partial charge in [0.2, 0.25) is 0 Å². The summed E-state index contributed by atoms with van der Waals surface area (Å²) in [5.41, 5.74) is 8.19. The van der Waals surface area contributed by atoms with E-state index in [0.29, 0.717) is 0 Å². The van der Waals surface area contributed by atoms with Crippen LogP contribution in [0.3, 0.4) is 0 Å². The first kappa shape index (κ1) is 10.3. The molecular weight excluding hydrogens is 162 g/mol. The fourth-order valence-electron chi connectivity index (χ4n) is 1.53. The molecule has 1 aromatic rings. The summed E-state index contributed by atoms with van der Waals surface area (Å²) in [5.74, 6) is 0. The molecule has 3 heteroatoms. The third-order valence-electron chi connectivity index (χ3n) is 2.06. The number of hydrogen-bond donors (Lipinski definition) is 1. The summed E-state index contributed by atoms with van der Waals surface area (Å²) in [4.78, 5) is 2.17. The molecule has 1 rings (SSSR count). The maximum atomic E-state index is 5.52. The standard InChI is InChI=1S/C10H19N3/c1-12(2)7-9-6-10(4-5-11)13(3)8-9/h6,8H,4-5,7,11H2,1-3H3. The summed E-state index contributed by atoms with van der Waals surface area (Å²) in [6.45, 7) is 1.72. The Balaban J connectivity index is 2.70. The van der Waals surface area contributed by atoms with E-state index < -0.39 is 0 Å². The molecule has 2 N–H and O–H groups in total. The Morgan fingerprint density at radius 2 is 2.15 bits per heavy atom. The Labute approximate surface area is 80.1 Å². The van der Waals surface area contributed by atoms with E-state index >= 15 is 0 Å². The summed E-state index contributed by atoms with van der Waals surface area (Å²) in [5, 5.41) is 0. The molecule has 0 aromatic carbocycles. The third-order valence-corrected chi connectivity index (χ3v) is 2.06. The highest BCUT2D eigenvalue weighted by molar-refractivity contribution is 5.18. The molecule has 1 aromatic heterocycles. The Bertz CT molecular complexity index is 263. The second-order valence-corrected chi connectivity index (χ2v) is 3.73. The lowest BCUT2D eigenvalue weighted by atomic mass is 10.2. The Hall–Kier alpha value is -0.800. The Morgan fingerprint density at radius 3 is 2.69 bits per heavy atom. The molecular formula is C10H19N3. The van der Waals surface area contributed by atoms with Crippen molar-refractivity contribution in [1.82, 2.24) is 9.47 Å². The molecule has 0 aliphatic heterocycles. The van der Waals surface area contributed by atoms with Crippen LogP contribution in [-0.2, 0) is 20.0 Å². The second-order valence-electron chi connectivity index (χ2n) is 3.73. The Morgan fingerprint density at radius 1 is 1.46 bits per heavy atom. The molecule has 0 bridgehead atoms. The van der Waals surface area contributed by atoms with E-state index in [2.05, 4.69) is 42.9 Å². The average Bonchev–Trinajstić information content (AvgIpc) is 2.31. The van der Waals surface area contributed by atoms with Crippen molar-refractivity contribution in [2.75, 3.05) is 20.6 Å². The van der Waals surface area contributed by atoms with Gasteiger partial charge in [0.05, 0.1) is 0 Å². The number of aromatic nitrogens is 1. The topological polar surface area (TPSA) is 34.2 Å². The van der Waals surface area contributed by atoms with Crippen LogP contribution in [-0.4, -0.2) is 30.1 Å². The van der Waals surface area contributed by atoms with E-state index in [1.807, 2.05) is 0 Å². The van der Waals surface area contributed by atoms with Gasteiger partial charge in [-0.2, -0.15) is 0 Å². The van der Waals surface area contributed by atoms with Crippen LogP contribution in [0.5, 0.6) is 0 Å². The lowest BCUT2D eigenvalue weighted by Crippen LogP contribution is -2.09. The maximum Gasteiger partial charge on any atom is 0.0242 e. The monoisotopic (exact) mass is 181 g/mol. The van der Waals surface area contributed by atoms with Gasteiger partial charge in [0.25, 0.3) is 0 Å². The summed E-state index contributed by atoms with van der Waals surface area (Å²) in [6, 6.07) is 2.23. The van der Waals surface area contributed by atoms with Crippen LogP contribution >= 0.6 is 0 Å². The van der Waals surface area contributed by atoms with Gasteiger partial charge in [-0.15, -0.1) is 0 Å². The molecule has 13 heavy (non-hydrogen) atoms. The van der Waals surface area contributed by atoms with Gasteiger partial charge < -0.3 is 15.2 Å². The van der Waals surface area contributed by atoms with Crippen molar-refractivity contribution in [2.24, 2.45) is 12.8 Å². The van der Waals surface area contributed by atoms with Crippen LogP contribution in [0.25, 0.3) is 0 Å². The molecule has 0 atom stereocenters. The van der Waals surface area contributed by atoms with E-state index in [9.17, 15) is 0 Å². The van der Waals surface area contributed by atoms with Crippen LogP contribution in [0.4, 0.5) is 0 Å². The first-order valence-corrected chi connectivity index (χ1v) is 4.62. The minimum absolute atomic E-state index is 0.721. The maximum absolute atomic E-state index is 5.52. The van der Waals surface area contributed by atoms with E-state index in [1.54, 1.807) is 0 Å². The fourth-order valence-corrected chi connectivity index (χ4v) is 1.53. The predicted molar refractivity (Wildman–Crippen MR) is 55.6 cm³/mol. The molecule has 0 amide bonds. The fraction of sp³-hybridized carbons (Fsp3) is 0.600. The summed E-state index contributed by atoms with van der Waals surface area (Å²) < 4.78 is 2.16. The number of nitrogens with two attached hydrogens (primary N) is 1. The molecule has 0 aliphatic carbocycles. The normalized spacial score (nSPS) is 11.2. The van der Waals surface area contributed by atoms with Crippen LogP contribution in [0.2, 0.25) is 0 Å². The van der Waals surface area contributed by atoms with Crippen molar-refractivity contribution >= 4 is 0 Å². The smallest absolute Gasteiger partial charge is 0.0242 e. The molecule has 0 spiro atoms. The van der Waals surface area contributed by atoms with E-state index in [4.69, 9.17) is 5.73 Å². The van der Waals surface area contributed by atoms with Crippen LogP contribution in [0, 0.1) is 0 Å². The minimum atomic E-state index is 0.721. The van der Waals surface area contributed by atoms with Gasteiger partial charge in [-0.05, 0) is 38.7 Å². The van der Waals surface area contributed by atoms with Crippen LogP contribution in [0.15, 0.2) is 12.3 Å². The van der Waals surface area contributed by atoms with Crippen molar-refractivity contribution in [3.05, 3.63) is 23.5 Å². The van der Waals surface area contributed by atoms with Gasteiger partial charge in [0.1, 0.15) is 0 Å². The lowest BCUT2D eigenvalue weighted by molar-refractivity contribution is 0.402. The molecule has 0 saturated heterocycles. The summed E-state index contributed by atoms with van der Waals surface area (Å²) >= 11 is 0. The Kier molecular flexibility index (Phi) is 3.51. The van der Waals surface area contributed by atoms with Gasteiger partial charge in [0, 0.05) is 25.5 Å². The molecule has 0 unspecified atom stereocenters. The number of nitrogens with zero attached hydrogens (tertiary/aromatic N) is 2. The molecule has 1 heterocycles. The predicted octanol–water partition coefficient (Wildman–Crippen LogP) is 0.588. The molecule has 0 fully saturated rings. The number of rotatable bonds is 4. The van der Waals surface area contributed by atoms with Crippen LogP contribution in [0.1, 0.15) is 11.3 Å². The van der Waals surface area contributed by atoms with Crippen molar-refractivity contribution in [1.29, 1.82) is 0 Å². The highest BCUT2D eigenvalue weighted by atomic mass is 15.1. The zero-order valence-corrected chi connectivity index (χ0v) is 8.75. The van der Waals surface area contributed by atoms with Gasteiger partial charge in [-0.3, -0.25) is 0 Å². The third kappa shape index (κ3) is 2.86. The van der Waals surface area contributed by atoms with Gasteiger partial charge in [-0.1, -0.05) is 0 Å². The lowest BCUT2D eigenvalue weighted by Gasteiger charge is -2.06. The average molecular weight is 181 g/mol. The first-order chi connectivity index (χ1) is 6.13. The molecule has 3 nitrogen and oxygen atoms in total. The zero-order valence-electron chi connectivity index (χ0n) is 8.75. The van der Waals surface area contributed by atoms with Crippen molar-refractivity contribution in [2.45, 2.75) is 13.0 Å². The quantitative estimate of drug-likeness (QED) is 0.737. The van der Waals surface area contributed by atoms with E-state index in [1.165, 1.54) is 11.3 Å². The van der Waals surface area contributed by atoms with E-state index in [0.717, 1.165) is 19.5 Å². The SMILES string of the molecule is CN(C)Cc1cc(CCN)n(C)c1. The summed E-state index contributed by atoms with van der Waals surface area (Å²) in [6.07, 6.45) is 3.13.